The Kier molecular flexibility index (Phi) is 5.34. The van der Waals surface area contributed by atoms with Crippen LogP contribution in [0.1, 0.15) is 34.4 Å². The minimum absolute atomic E-state index is 0.0440. The summed E-state index contributed by atoms with van der Waals surface area (Å²) in [4.78, 5) is 20.6. The molecule has 0 bridgehead atoms. The first-order valence-electron chi connectivity index (χ1n) is 10.3. The maximum atomic E-state index is 13.7. The van der Waals surface area contributed by atoms with Gasteiger partial charge in [0.15, 0.2) is 0 Å². The molecular weight excluding hydrogens is 428 g/mol. The fraction of sp³-hybridized carbons (Fsp3) is 0.208. The number of aromatic nitrogens is 2. The smallest absolute Gasteiger partial charge is 0.268 e. The van der Waals surface area contributed by atoms with Crippen LogP contribution in [0.15, 0.2) is 58.4 Å². The fourth-order valence-electron chi connectivity index (χ4n) is 3.93. The zero-order valence-electron chi connectivity index (χ0n) is 17.1. The average molecular weight is 449 g/mol. The Morgan fingerprint density at radius 2 is 1.84 bits per heavy atom. The molecule has 2 aromatic carbocycles. The fourth-order valence-corrected chi connectivity index (χ4v) is 5.30. The second-order valence-corrected chi connectivity index (χ2v) is 9.24. The molecule has 0 spiro atoms. The summed E-state index contributed by atoms with van der Waals surface area (Å²) < 4.78 is 1.63. The molecule has 0 unspecified atom stereocenters. The molecule has 0 saturated carbocycles. The molecule has 0 fully saturated rings. The van der Waals surface area contributed by atoms with E-state index in [4.69, 9.17) is 16.6 Å². The quantitative estimate of drug-likeness (QED) is 0.320. The van der Waals surface area contributed by atoms with Crippen molar-refractivity contribution in [3.63, 3.8) is 0 Å². The zero-order valence-corrected chi connectivity index (χ0v) is 18.6. The van der Waals surface area contributed by atoms with Crippen molar-refractivity contribution in [3.8, 4) is 5.69 Å². The van der Waals surface area contributed by atoms with Crippen molar-refractivity contribution in [2.24, 2.45) is 5.10 Å². The van der Waals surface area contributed by atoms with E-state index in [1.807, 2.05) is 55.5 Å². The van der Waals surface area contributed by atoms with Crippen LogP contribution in [-0.4, -0.2) is 15.8 Å². The van der Waals surface area contributed by atoms with E-state index in [9.17, 15) is 4.79 Å². The van der Waals surface area contributed by atoms with Gasteiger partial charge in [0, 0.05) is 9.90 Å². The van der Waals surface area contributed by atoms with E-state index in [2.05, 4.69) is 10.5 Å². The minimum atomic E-state index is -0.0440. The summed E-state index contributed by atoms with van der Waals surface area (Å²) in [5, 5.41) is 5.77. The molecule has 2 heterocycles. The number of hydrogen-bond donors (Lipinski definition) is 1. The van der Waals surface area contributed by atoms with Crippen molar-refractivity contribution in [3.05, 3.63) is 85.5 Å². The third-order valence-corrected chi connectivity index (χ3v) is 6.97. The standard InChI is InChI=1S/C24H21ClN4OS/c1-15-6-12-18(13-7-15)29-23(30)21-19-4-2-3-5-20(19)31-22(21)27-24(29)28-26-14-16-8-10-17(25)11-9-16/h6-14H,2-5H2,1H3,(H,27,28). The topological polar surface area (TPSA) is 59.3 Å². The predicted molar refractivity (Wildman–Crippen MR) is 129 cm³/mol. The van der Waals surface area contributed by atoms with Gasteiger partial charge in [-0.1, -0.05) is 41.4 Å². The molecule has 5 nitrogen and oxygen atoms in total. The molecule has 1 aliphatic rings. The van der Waals surface area contributed by atoms with Crippen LogP contribution in [0.5, 0.6) is 0 Å². The molecular formula is C24H21ClN4OS. The molecule has 156 valence electrons. The van der Waals surface area contributed by atoms with Gasteiger partial charge in [0.2, 0.25) is 5.95 Å². The monoisotopic (exact) mass is 448 g/mol. The molecule has 1 aliphatic carbocycles. The van der Waals surface area contributed by atoms with Crippen molar-refractivity contribution in [2.45, 2.75) is 32.6 Å². The molecule has 4 aromatic rings. The lowest BCUT2D eigenvalue weighted by Gasteiger charge is -2.13. The van der Waals surface area contributed by atoms with Crippen LogP contribution in [0.25, 0.3) is 15.9 Å². The predicted octanol–water partition coefficient (Wildman–Crippen LogP) is 5.73. The second-order valence-electron chi connectivity index (χ2n) is 7.72. The maximum Gasteiger partial charge on any atom is 0.268 e. The second kappa shape index (κ2) is 8.29. The molecule has 2 aromatic heterocycles. The Hall–Kier alpha value is -2.96. The lowest BCUT2D eigenvalue weighted by molar-refractivity contribution is 0.699. The minimum Gasteiger partial charge on any atom is -0.268 e. The van der Waals surface area contributed by atoms with Crippen LogP contribution in [0.2, 0.25) is 5.02 Å². The molecule has 0 radical (unpaired) electrons. The third-order valence-electron chi connectivity index (χ3n) is 5.53. The van der Waals surface area contributed by atoms with Crippen LogP contribution in [0.4, 0.5) is 5.95 Å². The highest BCUT2D eigenvalue weighted by molar-refractivity contribution is 7.18. The van der Waals surface area contributed by atoms with Gasteiger partial charge in [0.1, 0.15) is 4.83 Å². The van der Waals surface area contributed by atoms with Gasteiger partial charge in [-0.05, 0) is 68.0 Å². The van der Waals surface area contributed by atoms with Gasteiger partial charge in [-0.15, -0.1) is 11.3 Å². The first-order chi connectivity index (χ1) is 15.1. The number of aryl methyl sites for hydroxylation is 3. The molecule has 1 N–H and O–H groups in total. The summed E-state index contributed by atoms with van der Waals surface area (Å²) in [6.45, 7) is 2.03. The summed E-state index contributed by atoms with van der Waals surface area (Å²) >= 11 is 7.59. The number of rotatable bonds is 4. The first kappa shape index (κ1) is 20.0. The van der Waals surface area contributed by atoms with Gasteiger partial charge in [0.25, 0.3) is 5.56 Å². The van der Waals surface area contributed by atoms with E-state index in [0.29, 0.717) is 11.0 Å². The lowest BCUT2D eigenvalue weighted by atomic mass is 9.97. The van der Waals surface area contributed by atoms with E-state index >= 15 is 0 Å². The van der Waals surface area contributed by atoms with Gasteiger partial charge in [-0.25, -0.2) is 15.0 Å². The molecule has 7 heteroatoms. The Bertz CT molecular complexity index is 1340. The van der Waals surface area contributed by atoms with Gasteiger partial charge in [-0.2, -0.15) is 5.10 Å². The third kappa shape index (κ3) is 3.89. The summed E-state index contributed by atoms with van der Waals surface area (Å²) in [6.07, 6.45) is 5.95. The zero-order chi connectivity index (χ0) is 21.4. The van der Waals surface area contributed by atoms with Crippen LogP contribution in [0, 0.1) is 6.92 Å². The molecule has 0 atom stereocenters. The van der Waals surface area contributed by atoms with Crippen molar-refractivity contribution in [1.82, 2.24) is 9.55 Å². The number of anilines is 1. The number of hydrazone groups is 1. The van der Waals surface area contributed by atoms with Crippen LogP contribution in [-0.2, 0) is 12.8 Å². The number of hydrogen-bond acceptors (Lipinski definition) is 5. The highest BCUT2D eigenvalue weighted by Gasteiger charge is 2.22. The van der Waals surface area contributed by atoms with E-state index in [1.165, 1.54) is 16.9 Å². The van der Waals surface area contributed by atoms with E-state index in [1.54, 1.807) is 22.1 Å². The van der Waals surface area contributed by atoms with Crippen LogP contribution < -0.4 is 11.0 Å². The molecule has 5 rings (SSSR count). The SMILES string of the molecule is Cc1ccc(-n2c(NN=Cc3ccc(Cl)cc3)nc3sc4c(c3c2=O)CCCC4)cc1. The number of halogens is 1. The Morgan fingerprint density at radius 1 is 1.10 bits per heavy atom. The van der Waals surface area contributed by atoms with Gasteiger partial charge < -0.3 is 0 Å². The molecule has 0 saturated heterocycles. The maximum absolute atomic E-state index is 13.7. The number of nitrogens with one attached hydrogen (secondary N) is 1. The van der Waals surface area contributed by atoms with E-state index < -0.39 is 0 Å². The summed E-state index contributed by atoms with van der Waals surface area (Å²) in [5.41, 5.74) is 6.93. The Balaban J connectivity index is 1.63. The summed E-state index contributed by atoms with van der Waals surface area (Å²) in [7, 11) is 0. The first-order valence-corrected chi connectivity index (χ1v) is 11.5. The number of thiophene rings is 1. The highest BCUT2D eigenvalue weighted by atomic mass is 35.5. The van der Waals surface area contributed by atoms with Crippen molar-refractivity contribution < 1.29 is 0 Å². The largest absolute Gasteiger partial charge is 0.268 e. The number of nitrogens with zero attached hydrogens (tertiary/aromatic N) is 3. The molecule has 0 aliphatic heterocycles. The van der Waals surface area contributed by atoms with Crippen molar-refractivity contribution >= 4 is 45.3 Å². The number of fused-ring (bicyclic) bond motifs is 3. The van der Waals surface area contributed by atoms with Crippen molar-refractivity contribution in [2.75, 3.05) is 5.43 Å². The number of benzene rings is 2. The average Bonchev–Trinajstić information content (AvgIpc) is 3.15. The van der Waals surface area contributed by atoms with Crippen LogP contribution >= 0.6 is 22.9 Å². The van der Waals surface area contributed by atoms with Crippen LogP contribution in [0.3, 0.4) is 0 Å². The van der Waals surface area contributed by atoms with Crippen molar-refractivity contribution in [1.29, 1.82) is 0 Å². The highest BCUT2D eigenvalue weighted by Crippen LogP contribution is 2.34. The van der Waals surface area contributed by atoms with E-state index in [0.717, 1.165) is 46.3 Å². The summed E-state index contributed by atoms with van der Waals surface area (Å²) in [6, 6.07) is 15.3. The van der Waals surface area contributed by atoms with E-state index in [-0.39, 0.29) is 5.56 Å². The van der Waals surface area contributed by atoms with Gasteiger partial charge >= 0.3 is 0 Å². The van der Waals surface area contributed by atoms with Gasteiger partial charge in [0.05, 0.1) is 17.3 Å². The normalized spacial score (nSPS) is 13.6. The Labute approximate surface area is 189 Å². The summed E-state index contributed by atoms with van der Waals surface area (Å²) in [5.74, 6) is 0.408. The molecule has 0 amide bonds. The molecule has 31 heavy (non-hydrogen) atoms. The Morgan fingerprint density at radius 3 is 2.61 bits per heavy atom. The van der Waals surface area contributed by atoms with Gasteiger partial charge in [-0.3, -0.25) is 4.79 Å². The lowest BCUT2D eigenvalue weighted by Crippen LogP contribution is -2.23.